The molecule has 1 fully saturated rings. The van der Waals surface area contributed by atoms with E-state index in [4.69, 9.17) is 0 Å². The van der Waals surface area contributed by atoms with Crippen molar-refractivity contribution in [3.05, 3.63) is 164 Å². The summed E-state index contributed by atoms with van der Waals surface area (Å²) in [6.45, 7) is 11.7. The van der Waals surface area contributed by atoms with Crippen LogP contribution < -0.4 is 0 Å². The van der Waals surface area contributed by atoms with Crippen molar-refractivity contribution in [2.75, 3.05) is 0 Å². The van der Waals surface area contributed by atoms with E-state index in [-0.39, 0.29) is 5.41 Å². The fourth-order valence-electron chi connectivity index (χ4n) is 9.46. The molecule has 46 heavy (non-hydrogen) atoms. The van der Waals surface area contributed by atoms with E-state index in [0.717, 1.165) is 6.42 Å². The summed E-state index contributed by atoms with van der Waals surface area (Å²) in [5.74, 6) is 0. The van der Waals surface area contributed by atoms with Gasteiger partial charge in [-0.05, 0) is 0 Å². The molecule has 0 saturated carbocycles. The molecule has 2 aliphatic carbocycles. The van der Waals surface area contributed by atoms with Crippen LogP contribution >= 0.6 is 0 Å². The molecule has 1 aliphatic heterocycles. The van der Waals surface area contributed by atoms with Crippen molar-refractivity contribution in [3.63, 3.8) is 0 Å². The second kappa shape index (κ2) is 10.7. The molecule has 0 radical (unpaired) electrons. The first-order valence-electron chi connectivity index (χ1n) is 17.0. The maximum absolute atomic E-state index is 3.18. The van der Waals surface area contributed by atoms with E-state index < -0.39 is 20.0 Å². The molecule has 1 saturated heterocycles. The van der Waals surface area contributed by atoms with Gasteiger partial charge in [0.2, 0.25) is 0 Å². The molecule has 0 spiro atoms. The van der Waals surface area contributed by atoms with Crippen LogP contribution in [0, 0.1) is 33.1 Å². The van der Waals surface area contributed by atoms with Gasteiger partial charge in [0.1, 0.15) is 0 Å². The van der Waals surface area contributed by atoms with Crippen molar-refractivity contribution in [2.45, 2.75) is 57.7 Å². The number of benzene rings is 5. The van der Waals surface area contributed by atoms with Gasteiger partial charge in [-0.3, -0.25) is 0 Å². The van der Waals surface area contributed by atoms with Crippen molar-refractivity contribution in [3.8, 4) is 22.3 Å². The zero-order chi connectivity index (χ0) is 32.0. The van der Waals surface area contributed by atoms with Crippen LogP contribution in [0.1, 0.15) is 64.3 Å². The molecule has 8 rings (SSSR count). The van der Waals surface area contributed by atoms with Gasteiger partial charge in [-0.1, -0.05) is 0 Å². The van der Waals surface area contributed by atoms with Crippen molar-refractivity contribution < 1.29 is 20.0 Å². The first kappa shape index (κ1) is 29.8. The minimum absolute atomic E-state index is 0.0674. The molecule has 1 heteroatoms. The summed E-state index contributed by atoms with van der Waals surface area (Å²) in [4.78, 5) is 0. The first-order valence-corrected chi connectivity index (χ1v) is 28.3. The Balaban J connectivity index is 1.39. The summed E-state index contributed by atoms with van der Waals surface area (Å²) < 4.78 is 6.65. The molecule has 0 bridgehead atoms. The number of allylic oxidation sites excluding steroid dienone is 2. The Kier molecular flexibility index (Phi) is 6.97. The Hall–Kier alpha value is -3.55. The van der Waals surface area contributed by atoms with Gasteiger partial charge in [0.25, 0.3) is 0 Å². The van der Waals surface area contributed by atoms with Crippen LogP contribution in [-0.2, 0) is 26.4 Å². The molecule has 2 unspecified atom stereocenters. The van der Waals surface area contributed by atoms with Gasteiger partial charge in [0.15, 0.2) is 0 Å². The van der Waals surface area contributed by atoms with Crippen molar-refractivity contribution >= 4 is 12.2 Å². The van der Waals surface area contributed by atoms with Gasteiger partial charge < -0.3 is 0 Å². The third kappa shape index (κ3) is 4.27. The Morgan fingerprint density at radius 1 is 0.522 bits per heavy atom. The quantitative estimate of drug-likeness (QED) is 0.160. The summed E-state index contributed by atoms with van der Waals surface area (Å²) in [6, 6.07) is 39.3. The average molecular weight is 763 g/mol. The van der Waals surface area contributed by atoms with Crippen LogP contribution in [0.15, 0.2) is 114 Å². The van der Waals surface area contributed by atoms with Crippen LogP contribution in [0.2, 0.25) is 9.36 Å². The van der Waals surface area contributed by atoms with E-state index in [0.29, 0.717) is 7.35 Å². The second-order valence-corrected chi connectivity index (χ2v) is 32.2. The topological polar surface area (TPSA) is 0 Å². The molecule has 5 aromatic carbocycles. The molecule has 1 heterocycles. The summed E-state index contributed by atoms with van der Waals surface area (Å²) in [6.07, 6.45) is 6.38. The third-order valence-corrected chi connectivity index (χ3v) is 27.2. The monoisotopic (exact) mass is 764 g/mol. The first-order chi connectivity index (χ1) is 22.1. The van der Waals surface area contributed by atoms with E-state index >= 15 is 0 Å². The number of hydrogen-bond donors (Lipinski definition) is 0. The van der Waals surface area contributed by atoms with E-state index in [1.165, 1.54) is 61.2 Å². The fourth-order valence-corrected chi connectivity index (χ4v) is 26.9. The number of hydrogen-bond acceptors (Lipinski definition) is 0. The fraction of sp³-hybridized carbons (Fsp3) is 0.244. The van der Waals surface area contributed by atoms with Gasteiger partial charge in [0, 0.05) is 0 Å². The van der Waals surface area contributed by atoms with E-state index in [2.05, 4.69) is 159 Å². The van der Waals surface area contributed by atoms with Gasteiger partial charge in [-0.25, -0.2) is 0 Å². The average Bonchev–Trinajstić information content (AvgIpc) is 3.66. The van der Waals surface area contributed by atoms with Crippen molar-refractivity contribution in [1.29, 1.82) is 0 Å². The molecular formula is C45H44Hf. The summed E-state index contributed by atoms with van der Waals surface area (Å²) in [7, 11) is 0. The summed E-state index contributed by atoms with van der Waals surface area (Å²) >= 11 is -3.18. The van der Waals surface area contributed by atoms with Crippen LogP contribution in [0.25, 0.3) is 34.4 Å². The van der Waals surface area contributed by atoms with Gasteiger partial charge in [-0.2, -0.15) is 0 Å². The second-order valence-electron chi connectivity index (χ2n) is 15.0. The van der Waals surface area contributed by atoms with E-state index in [1.807, 2.05) is 0 Å². The molecule has 0 aromatic heterocycles. The Labute approximate surface area is 280 Å². The number of aryl methyl sites for hydroxylation is 2. The standard InChI is InChI=1S/C43H38.2CH3.Hf/c1-28-13-9-19-37(30(28)3)39-21-11-17-33-23-35(25-41(33)39)43(5,27-32-15-7-6-8-16-32)36-24-34-18-12-22-40(42(34)26-36)38-20-10-14-29(2)31(38)4;;;/h6-26H,27H2,1-5H3;2*1H3;. The normalized spacial score (nSPS) is 22.0. The molecule has 5 aromatic rings. The molecule has 0 N–H and O–H groups in total. The van der Waals surface area contributed by atoms with Crippen LogP contribution in [0.5, 0.6) is 0 Å². The number of fused-ring (bicyclic) bond motifs is 6. The predicted molar refractivity (Wildman–Crippen MR) is 194 cm³/mol. The van der Waals surface area contributed by atoms with Crippen molar-refractivity contribution in [1.82, 2.24) is 0 Å². The van der Waals surface area contributed by atoms with Gasteiger partial charge >= 0.3 is 282 Å². The third-order valence-electron chi connectivity index (χ3n) is 12.1. The SMILES string of the molecule is Cc1cccc(-c2cccc3c2C=C2[CH]3[Hf]([CH3])([CH3])[CH]3C(=Cc4c(-c5cccc(C)c5C)cccc43)C2(C)Cc2ccccc2)c1C. The summed E-state index contributed by atoms with van der Waals surface area (Å²) in [5.41, 5.74) is 22.0. The Morgan fingerprint density at radius 2 is 0.957 bits per heavy atom. The molecule has 0 amide bonds. The predicted octanol–water partition coefficient (Wildman–Crippen LogP) is 12.3. The molecule has 0 nitrogen and oxygen atoms in total. The molecule has 228 valence electrons. The van der Waals surface area contributed by atoms with Gasteiger partial charge in [0.05, 0.1) is 0 Å². The zero-order valence-corrected chi connectivity index (χ0v) is 31.9. The molecular weight excluding hydrogens is 719 g/mol. The van der Waals surface area contributed by atoms with Gasteiger partial charge in [-0.15, -0.1) is 0 Å². The number of rotatable bonds is 4. The summed E-state index contributed by atoms with van der Waals surface area (Å²) in [5, 5.41) is 0. The van der Waals surface area contributed by atoms with Crippen LogP contribution in [-0.4, -0.2) is 0 Å². The van der Waals surface area contributed by atoms with Crippen LogP contribution in [0.4, 0.5) is 0 Å². The molecule has 2 atom stereocenters. The van der Waals surface area contributed by atoms with E-state index in [1.54, 1.807) is 22.3 Å². The van der Waals surface area contributed by atoms with Crippen LogP contribution in [0.3, 0.4) is 0 Å². The Bertz CT molecular complexity index is 1980. The Morgan fingerprint density at radius 3 is 1.43 bits per heavy atom. The minimum atomic E-state index is -3.18. The van der Waals surface area contributed by atoms with Crippen molar-refractivity contribution in [2.24, 2.45) is 5.41 Å². The molecule has 3 aliphatic rings. The maximum atomic E-state index is 2.77. The van der Waals surface area contributed by atoms with E-state index in [9.17, 15) is 0 Å². The zero-order valence-electron chi connectivity index (χ0n) is 28.3.